The number of rotatable bonds is 8. The largest absolute Gasteiger partial charge is 0.497 e. The summed E-state index contributed by atoms with van der Waals surface area (Å²) in [6.45, 7) is 0.271. The average Bonchev–Trinajstić information content (AvgIpc) is 3.05. The Labute approximate surface area is 161 Å². The summed E-state index contributed by atoms with van der Waals surface area (Å²) in [6, 6.07) is 16.7. The topological polar surface area (TPSA) is 78.3 Å². The highest BCUT2D eigenvalue weighted by Crippen LogP contribution is 2.21. The Morgan fingerprint density at radius 3 is 2.67 bits per heavy atom. The molecule has 1 heterocycles. The van der Waals surface area contributed by atoms with Crippen LogP contribution < -0.4 is 14.8 Å². The Bertz CT molecular complexity index is 899. The molecule has 1 aromatic heterocycles. The number of para-hydroxylation sites is 1. The van der Waals surface area contributed by atoms with Crippen molar-refractivity contribution in [3.8, 4) is 11.5 Å². The van der Waals surface area contributed by atoms with E-state index >= 15 is 0 Å². The van der Waals surface area contributed by atoms with Crippen LogP contribution in [-0.4, -0.2) is 33.5 Å². The summed E-state index contributed by atoms with van der Waals surface area (Å²) < 4.78 is 12.7. The molecule has 1 amide bonds. The van der Waals surface area contributed by atoms with Gasteiger partial charge in [0, 0.05) is 18.8 Å². The molecule has 0 unspecified atom stereocenters. The standard InChI is InChI=1S/C19H20N4O3S/c1-23-17(12-26-16-10-6-9-15(11-16)25-2)21-22-19(23)27-13-18(24)20-14-7-4-3-5-8-14/h3-11H,12-13H2,1-2H3,(H,20,24). The highest BCUT2D eigenvalue weighted by Gasteiger charge is 2.12. The second-order valence-corrected chi connectivity index (χ2v) is 6.57. The van der Waals surface area contributed by atoms with Crippen LogP contribution >= 0.6 is 11.8 Å². The van der Waals surface area contributed by atoms with Gasteiger partial charge in [0.05, 0.1) is 12.9 Å². The molecule has 8 heteroatoms. The highest BCUT2D eigenvalue weighted by atomic mass is 32.2. The molecule has 0 spiro atoms. The highest BCUT2D eigenvalue weighted by molar-refractivity contribution is 7.99. The molecule has 1 N–H and O–H groups in total. The molecule has 3 aromatic rings. The minimum absolute atomic E-state index is 0.0941. The zero-order valence-corrected chi connectivity index (χ0v) is 15.9. The van der Waals surface area contributed by atoms with Gasteiger partial charge in [-0.15, -0.1) is 10.2 Å². The van der Waals surface area contributed by atoms with Gasteiger partial charge in [-0.05, 0) is 24.3 Å². The maximum Gasteiger partial charge on any atom is 0.234 e. The van der Waals surface area contributed by atoms with Crippen molar-refractivity contribution in [3.05, 3.63) is 60.4 Å². The third-order valence-electron chi connectivity index (χ3n) is 3.72. The van der Waals surface area contributed by atoms with Crippen molar-refractivity contribution in [3.63, 3.8) is 0 Å². The number of hydrogen-bond donors (Lipinski definition) is 1. The van der Waals surface area contributed by atoms with Crippen LogP contribution in [0.3, 0.4) is 0 Å². The maximum absolute atomic E-state index is 12.0. The number of carbonyl (C=O) groups is 1. The van der Waals surface area contributed by atoms with Crippen LogP contribution in [0.25, 0.3) is 0 Å². The molecule has 0 bridgehead atoms. The van der Waals surface area contributed by atoms with Gasteiger partial charge < -0.3 is 19.4 Å². The predicted molar refractivity (Wildman–Crippen MR) is 104 cm³/mol. The lowest BCUT2D eigenvalue weighted by molar-refractivity contribution is -0.113. The van der Waals surface area contributed by atoms with E-state index < -0.39 is 0 Å². The fourth-order valence-electron chi connectivity index (χ4n) is 2.28. The van der Waals surface area contributed by atoms with Crippen molar-refractivity contribution in [2.45, 2.75) is 11.8 Å². The third kappa shape index (κ3) is 5.24. The van der Waals surface area contributed by atoms with Crippen LogP contribution in [0.5, 0.6) is 11.5 Å². The van der Waals surface area contributed by atoms with Crippen molar-refractivity contribution < 1.29 is 14.3 Å². The molecule has 0 aliphatic carbocycles. The molecule has 140 valence electrons. The monoisotopic (exact) mass is 384 g/mol. The molecule has 27 heavy (non-hydrogen) atoms. The maximum atomic E-state index is 12.0. The van der Waals surface area contributed by atoms with Crippen molar-refractivity contribution in [2.24, 2.45) is 7.05 Å². The second-order valence-electron chi connectivity index (χ2n) is 5.63. The van der Waals surface area contributed by atoms with Crippen LogP contribution in [0.4, 0.5) is 5.69 Å². The van der Waals surface area contributed by atoms with Gasteiger partial charge in [0.15, 0.2) is 11.0 Å². The van der Waals surface area contributed by atoms with E-state index in [4.69, 9.17) is 9.47 Å². The minimum Gasteiger partial charge on any atom is -0.497 e. The lowest BCUT2D eigenvalue weighted by Gasteiger charge is -2.08. The first kappa shape index (κ1) is 18.8. The van der Waals surface area contributed by atoms with Crippen molar-refractivity contribution >= 4 is 23.4 Å². The molecule has 0 saturated carbocycles. The lowest BCUT2D eigenvalue weighted by atomic mass is 10.3. The van der Waals surface area contributed by atoms with Gasteiger partial charge in [-0.25, -0.2) is 0 Å². The SMILES string of the molecule is COc1cccc(OCc2nnc(SCC(=O)Nc3ccccc3)n2C)c1. The zero-order valence-electron chi connectivity index (χ0n) is 15.1. The van der Waals surface area contributed by atoms with E-state index in [0.29, 0.717) is 16.7 Å². The van der Waals surface area contributed by atoms with E-state index in [9.17, 15) is 4.79 Å². The van der Waals surface area contributed by atoms with E-state index in [1.165, 1.54) is 11.8 Å². The van der Waals surface area contributed by atoms with Crippen molar-refractivity contribution in [2.75, 3.05) is 18.2 Å². The molecule has 7 nitrogen and oxygen atoms in total. The van der Waals surface area contributed by atoms with E-state index in [0.717, 1.165) is 11.4 Å². The first-order chi connectivity index (χ1) is 13.2. The molecule has 3 rings (SSSR count). The Morgan fingerprint density at radius 1 is 1.11 bits per heavy atom. The van der Waals surface area contributed by atoms with E-state index in [1.54, 1.807) is 13.2 Å². The van der Waals surface area contributed by atoms with Gasteiger partial charge in [0.1, 0.15) is 18.1 Å². The summed E-state index contributed by atoms with van der Waals surface area (Å²) in [7, 11) is 3.46. The number of aromatic nitrogens is 3. The van der Waals surface area contributed by atoms with Gasteiger partial charge in [-0.2, -0.15) is 0 Å². The van der Waals surface area contributed by atoms with Crippen molar-refractivity contribution in [1.82, 2.24) is 14.8 Å². The quantitative estimate of drug-likeness (QED) is 0.601. The fourth-order valence-corrected chi connectivity index (χ4v) is 3.01. The number of thioether (sulfide) groups is 1. The summed E-state index contributed by atoms with van der Waals surface area (Å²) in [4.78, 5) is 12.0. The van der Waals surface area contributed by atoms with Crippen LogP contribution in [0.15, 0.2) is 59.8 Å². The molecule has 0 saturated heterocycles. The fraction of sp³-hybridized carbons (Fsp3) is 0.211. The number of ether oxygens (including phenoxy) is 2. The van der Waals surface area contributed by atoms with Gasteiger partial charge in [0.2, 0.25) is 5.91 Å². The molecule has 2 aromatic carbocycles. The van der Waals surface area contributed by atoms with Crippen LogP contribution in [0.1, 0.15) is 5.82 Å². The number of hydrogen-bond acceptors (Lipinski definition) is 6. The number of anilines is 1. The summed E-state index contributed by atoms with van der Waals surface area (Å²) in [5.41, 5.74) is 0.772. The number of nitrogens with one attached hydrogen (secondary N) is 1. The lowest BCUT2D eigenvalue weighted by Crippen LogP contribution is -2.14. The Kier molecular flexibility index (Phi) is 6.32. The second kappa shape index (κ2) is 9.09. The molecule has 0 aliphatic heterocycles. The van der Waals surface area contributed by atoms with E-state index in [-0.39, 0.29) is 18.3 Å². The Balaban J connectivity index is 1.53. The molecule has 0 atom stereocenters. The summed E-state index contributed by atoms with van der Waals surface area (Å²) in [5, 5.41) is 11.8. The van der Waals surface area contributed by atoms with Crippen LogP contribution in [0, 0.1) is 0 Å². The number of amides is 1. The number of carbonyl (C=O) groups excluding carboxylic acids is 1. The van der Waals surface area contributed by atoms with Gasteiger partial charge in [-0.1, -0.05) is 36.0 Å². The summed E-state index contributed by atoms with van der Waals surface area (Å²) in [5.74, 6) is 2.24. The molecular weight excluding hydrogens is 364 g/mol. The van der Waals surface area contributed by atoms with Crippen LogP contribution in [-0.2, 0) is 18.4 Å². The van der Waals surface area contributed by atoms with E-state index in [1.807, 2.05) is 60.1 Å². The predicted octanol–water partition coefficient (Wildman–Crippen LogP) is 3.13. The van der Waals surface area contributed by atoms with Crippen LogP contribution in [0.2, 0.25) is 0 Å². The Morgan fingerprint density at radius 2 is 1.89 bits per heavy atom. The average molecular weight is 384 g/mol. The minimum atomic E-state index is -0.0941. The van der Waals surface area contributed by atoms with Gasteiger partial charge in [-0.3, -0.25) is 4.79 Å². The molecule has 0 fully saturated rings. The Hall–Kier alpha value is -3.00. The molecular formula is C19H20N4O3S. The van der Waals surface area contributed by atoms with Gasteiger partial charge in [0.25, 0.3) is 0 Å². The first-order valence-electron chi connectivity index (χ1n) is 8.28. The smallest absolute Gasteiger partial charge is 0.234 e. The summed E-state index contributed by atoms with van der Waals surface area (Å²) in [6.07, 6.45) is 0. The number of methoxy groups -OCH3 is 1. The normalized spacial score (nSPS) is 10.4. The van der Waals surface area contributed by atoms with E-state index in [2.05, 4.69) is 15.5 Å². The zero-order chi connectivity index (χ0) is 19.1. The van der Waals surface area contributed by atoms with Gasteiger partial charge >= 0.3 is 0 Å². The molecule has 0 radical (unpaired) electrons. The summed E-state index contributed by atoms with van der Waals surface area (Å²) >= 11 is 1.32. The third-order valence-corrected chi connectivity index (χ3v) is 4.74. The number of nitrogens with zero attached hydrogens (tertiary/aromatic N) is 3. The molecule has 0 aliphatic rings. The first-order valence-corrected chi connectivity index (χ1v) is 9.27. The van der Waals surface area contributed by atoms with Crippen molar-refractivity contribution in [1.29, 1.82) is 0 Å². The number of benzene rings is 2.